The molecule has 0 amide bonds. The monoisotopic (exact) mass is 580 g/mol. The van der Waals surface area contributed by atoms with Gasteiger partial charge >= 0.3 is 0 Å². The lowest BCUT2D eigenvalue weighted by Gasteiger charge is -2.17. The van der Waals surface area contributed by atoms with Crippen LogP contribution in [0, 0.1) is 6.92 Å². The van der Waals surface area contributed by atoms with Crippen molar-refractivity contribution in [3.63, 3.8) is 0 Å². The summed E-state index contributed by atoms with van der Waals surface area (Å²) < 4.78 is 11.9. The highest BCUT2D eigenvalue weighted by Crippen LogP contribution is 2.16. The summed E-state index contributed by atoms with van der Waals surface area (Å²) in [6.07, 6.45) is 45.6. The van der Waals surface area contributed by atoms with Gasteiger partial charge in [0.2, 0.25) is 0 Å². The highest BCUT2D eigenvalue weighted by Gasteiger charge is 2.06. The molecule has 0 saturated heterocycles. The van der Waals surface area contributed by atoms with Gasteiger partial charge in [-0.1, -0.05) is 206 Å². The molecule has 0 atom stereocenters. The summed E-state index contributed by atoms with van der Waals surface area (Å²) in [6, 6.07) is 0. The van der Waals surface area contributed by atoms with Gasteiger partial charge in [0.25, 0.3) is 0 Å². The molecule has 0 aliphatic rings. The van der Waals surface area contributed by atoms with E-state index in [-0.39, 0.29) is 6.29 Å². The van der Waals surface area contributed by atoms with Crippen LogP contribution in [-0.2, 0) is 9.47 Å². The Kier molecular flexibility index (Phi) is 37.9. The molecule has 0 N–H and O–H groups in total. The van der Waals surface area contributed by atoms with Crippen molar-refractivity contribution in [3.8, 4) is 0 Å². The second-order valence-electron chi connectivity index (χ2n) is 13.1. The van der Waals surface area contributed by atoms with Gasteiger partial charge in [-0.05, 0) is 26.2 Å². The van der Waals surface area contributed by atoms with Crippen molar-refractivity contribution >= 4 is 0 Å². The van der Waals surface area contributed by atoms with Crippen LogP contribution in [0.4, 0.5) is 0 Å². The zero-order valence-corrected chi connectivity index (χ0v) is 28.8. The predicted molar refractivity (Wildman–Crippen MR) is 185 cm³/mol. The van der Waals surface area contributed by atoms with E-state index in [9.17, 15) is 0 Å². The van der Waals surface area contributed by atoms with Gasteiger partial charge in [0.15, 0.2) is 6.29 Å². The molecule has 41 heavy (non-hydrogen) atoms. The molecule has 247 valence electrons. The Morgan fingerprint density at radius 3 is 0.707 bits per heavy atom. The first-order valence-electron chi connectivity index (χ1n) is 19.4. The average molecular weight is 580 g/mol. The molecule has 0 unspecified atom stereocenters. The van der Waals surface area contributed by atoms with E-state index in [0.717, 1.165) is 32.5 Å². The van der Waals surface area contributed by atoms with Gasteiger partial charge in [0.05, 0.1) is 0 Å². The number of unbranched alkanes of at least 4 members (excludes halogenated alkanes) is 30. The van der Waals surface area contributed by atoms with Crippen molar-refractivity contribution < 1.29 is 9.47 Å². The Bertz CT molecular complexity index is 399. The van der Waals surface area contributed by atoms with E-state index < -0.39 is 0 Å². The second-order valence-corrected chi connectivity index (χ2v) is 13.1. The first-order valence-corrected chi connectivity index (χ1v) is 19.4. The molecule has 1 radical (unpaired) electrons. The molecule has 0 saturated carbocycles. The number of rotatable bonds is 37. The summed E-state index contributed by atoms with van der Waals surface area (Å²) in [5.74, 6) is 0. The molecule has 0 aromatic carbocycles. The first-order chi connectivity index (χ1) is 20.3. The Morgan fingerprint density at radius 1 is 0.317 bits per heavy atom. The Hall–Kier alpha value is -0.0800. The van der Waals surface area contributed by atoms with Gasteiger partial charge in [-0.15, -0.1) is 0 Å². The Morgan fingerprint density at radius 2 is 0.512 bits per heavy atom. The molecule has 0 spiro atoms. The largest absolute Gasteiger partial charge is 0.353 e. The maximum absolute atomic E-state index is 5.95. The number of ether oxygens (including phenoxy) is 2. The number of hydrogen-bond donors (Lipinski definition) is 0. The first kappa shape index (κ1) is 40.9. The third kappa shape index (κ3) is 36.0. The van der Waals surface area contributed by atoms with Crippen molar-refractivity contribution in [2.24, 2.45) is 0 Å². The molecule has 0 rings (SSSR count). The van der Waals surface area contributed by atoms with Gasteiger partial charge in [0.1, 0.15) is 0 Å². The fourth-order valence-electron chi connectivity index (χ4n) is 5.94. The third-order valence-electron chi connectivity index (χ3n) is 8.84. The standard InChI is InChI=1S/C39H79O2/c1-4-7-9-11-13-15-17-19-21-23-25-27-29-31-33-35-37-40-39(6-3)41-38-36-34-32-30-28-26-24-22-20-18-16-14-12-10-8-5-2/h39H,3-38H2,1-2H3. The summed E-state index contributed by atoms with van der Waals surface area (Å²) in [5.41, 5.74) is 0. The molecule has 0 bridgehead atoms. The maximum atomic E-state index is 5.95. The third-order valence-corrected chi connectivity index (χ3v) is 8.84. The van der Waals surface area contributed by atoms with Crippen LogP contribution in [0.2, 0.25) is 0 Å². The van der Waals surface area contributed by atoms with Crippen molar-refractivity contribution in [1.82, 2.24) is 0 Å². The SMILES string of the molecule is [CH2]CC(OCCCCCCCCCCCCCCCCCC)OCCCCCCCCCCCCCCCCCC. The van der Waals surface area contributed by atoms with Gasteiger partial charge in [-0.25, -0.2) is 0 Å². The zero-order chi connectivity index (χ0) is 29.7. The van der Waals surface area contributed by atoms with Gasteiger partial charge < -0.3 is 9.47 Å². The van der Waals surface area contributed by atoms with Crippen LogP contribution >= 0.6 is 0 Å². The van der Waals surface area contributed by atoms with Gasteiger partial charge in [-0.2, -0.15) is 0 Å². The Labute approximate surface area is 261 Å². The zero-order valence-electron chi connectivity index (χ0n) is 28.8. The minimum atomic E-state index is -0.0947. The van der Waals surface area contributed by atoms with Crippen LogP contribution in [0.3, 0.4) is 0 Å². The molecule has 0 aromatic heterocycles. The fraction of sp³-hybridized carbons (Fsp3) is 0.974. The van der Waals surface area contributed by atoms with Crippen LogP contribution in [0.15, 0.2) is 0 Å². The molecule has 2 heteroatoms. The lowest BCUT2D eigenvalue weighted by molar-refractivity contribution is -0.141. The minimum absolute atomic E-state index is 0.0947. The van der Waals surface area contributed by atoms with E-state index in [0.29, 0.717) is 0 Å². The van der Waals surface area contributed by atoms with Crippen LogP contribution < -0.4 is 0 Å². The Balaban J connectivity index is 3.24. The summed E-state index contributed by atoms with van der Waals surface area (Å²) in [7, 11) is 0. The second kappa shape index (κ2) is 37.9. The quantitative estimate of drug-likeness (QED) is 0.0538. The van der Waals surface area contributed by atoms with Crippen molar-refractivity contribution in [1.29, 1.82) is 0 Å². The van der Waals surface area contributed by atoms with Gasteiger partial charge in [0, 0.05) is 13.2 Å². The smallest absolute Gasteiger partial charge is 0.157 e. The lowest BCUT2D eigenvalue weighted by atomic mass is 10.0. The normalized spacial score (nSPS) is 11.7. The topological polar surface area (TPSA) is 18.5 Å². The van der Waals surface area contributed by atoms with Crippen LogP contribution in [0.25, 0.3) is 0 Å². The molecule has 0 heterocycles. The van der Waals surface area contributed by atoms with Crippen molar-refractivity contribution in [2.75, 3.05) is 13.2 Å². The van der Waals surface area contributed by atoms with Crippen molar-refractivity contribution in [2.45, 2.75) is 232 Å². The minimum Gasteiger partial charge on any atom is -0.353 e. The summed E-state index contributed by atoms with van der Waals surface area (Å²) in [5, 5.41) is 0. The summed E-state index contributed by atoms with van der Waals surface area (Å²) >= 11 is 0. The maximum Gasteiger partial charge on any atom is 0.157 e. The molecular formula is C39H79O2. The molecule has 2 nitrogen and oxygen atoms in total. The highest BCUT2D eigenvalue weighted by molar-refractivity contribution is 4.53. The van der Waals surface area contributed by atoms with Crippen LogP contribution in [0.5, 0.6) is 0 Å². The molecular weight excluding hydrogens is 500 g/mol. The fourth-order valence-corrected chi connectivity index (χ4v) is 5.94. The van der Waals surface area contributed by atoms with E-state index in [1.54, 1.807) is 0 Å². The van der Waals surface area contributed by atoms with E-state index in [1.807, 2.05) is 0 Å². The highest BCUT2D eigenvalue weighted by atomic mass is 16.7. The van der Waals surface area contributed by atoms with Crippen molar-refractivity contribution in [3.05, 3.63) is 6.92 Å². The summed E-state index contributed by atoms with van der Waals surface area (Å²) in [6.45, 7) is 10.3. The average Bonchev–Trinajstić information content (AvgIpc) is 2.99. The molecule has 0 aliphatic carbocycles. The summed E-state index contributed by atoms with van der Waals surface area (Å²) in [4.78, 5) is 0. The number of hydrogen-bond acceptors (Lipinski definition) is 2. The van der Waals surface area contributed by atoms with Crippen LogP contribution in [0.1, 0.15) is 226 Å². The lowest BCUT2D eigenvalue weighted by Crippen LogP contribution is -2.17. The van der Waals surface area contributed by atoms with E-state index in [1.165, 1.54) is 193 Å². The molecule has 0 aromatic rings. The molecule has 0 fully saturated rings. The van der Waals surface area contributed by atoms with E-state index in [4.69, 9.17) is 9.47 Å². The van der Waals surface area contributed by atoms with Gasteiger partial charge in [-0.3, -0.25) is 0 Å². The van der Waals surface area contributed by atoms with Crippen LogP contribution in [-0.4, -0.2) is 19.5 Å². The predicted octanol–water partition coefficient (Wildman–Crippen LogP) is 14.1. The van der Waals surface area contributed by atoms with E-state index in [2.05, 4.69) is 20.8 Å². The molecule has 0 aliphatic heterocycles. The van der Waals surface area contributed by atoms with E-state index >= 15 is 0 Å².